The number of benzene rings is 8. The Hall–Kier alpha value is -7.68. The zero-order chi connectivity index (χ0) is 37.5. The fourth-order valence-electron chi connectivity index (χ4n) is 7.99. The van der Waals surface area contributed by atoms with Crippen molar-refractivity contribution >= 4 is 16.5 Å². The van der Waals surface area contributed by atoms with E-state index in [1.165, 1.54) is 0 Å². The summed E-state index contributed by atoms with van der Waals surface area (Å²) < 4.78 is 6.85. The molecule has 0 N–H and O–H groups in total. The number of hydrogen-bond acceptors (Lipinski definition) is 4. The third kappa shape index (κ3) is 5.60. The lowest BCUT2D eigenvalue weighted by Gasteiger charge is -2.42. The molecule has 1 aliphatic rings. The first-order valence-corrected chi connectivity index (χ1v) is 18.5. The highest BCUT2D eigenvalue weighted by Gasteiger charge is 2.45. The Balaban J connectivity index is 1.16. The molecule has 0 aliphatic carbocycles. The number of ether oxygens (including phenoxy) is 1. The topological polar surface area (TPSA) is 52.3 Å². The van der Waals surface area contributed by atoms with E-state index in [0.717, 1.165) is 72.3 Å². The average molecular weight is 717 g/mol. The Morgan fingerprint density at radius 2 is 0.875 bits per heavy atom. The first-order chi connectivity index (χ1) is 27.7. The fraction of sp³-hybridized carbons (Fsp3) is 0.0196. The minimum absolute atomic E-state index is 0.545. The number of rotatable bonds is 6. The lowest BCUT2D eigenvalue weighted by Crippen LogP contribution is -2.34. The summed E-state index contributed by atoms with van der Waals surface area (Å²) in [5.41, 5.74) is 9.03. The molecule has 10 rings (SSSR count). The van der Waals surface area contributed by atoms with Gasteiger partial charge in [0.1, 0.15) is 11.5 Å². The van der Waals surface area contributed by atoms with Crippen molar-refractivity contribution in [1.29, 1.82) is 0 Å². The maximum atomic E-state index is 7.40. The van der Waals surface area contributed by atoms with Gasteiger partial charge in [-0.25, -0.2) is 19.8 Å². The molecule has 9 aromatic rings. The van der Waals surface area contributed by atoms with Crippen LogP contribution in [0.15, 0.2) is 194 Å². The van der Waals surface area contributed by atoms with Crippen molar-refractivity contribution in [3.63, 3.8) is 0 Å². The van der Waals surface area contributed by atoms with Crippen LogP contribution < -0.4 is 4.74 Å². The normalized spacial score (nSPS) is 12.6. The van der Waals surface area contributed by atoms with Crippen LogP contribution in [-0.2, 0) is 5.41 Å². The van der Waals surface area contributed by atoms with Gasteiger partial charge in [0.05, 0.1) is 12.0 Å². The molecule has 0 atom stereocenters. The molecular formula is C51H32N4O. The Morgan fingerprint density at radius 3 is 1.52 bits per heavy atom. The minimum Gasteiger partial charge on any atom is -0.457 e. The van der Waals surface area contributed by atoms with E-state index in [1.54, 1.807) is 12.1 Å². The standard InChI is InChI=1S/C51H32N4O/c1-52-43-27-24-35(25-28-43)49-53-48(34-14-5-2-6-15-34)54-50(55-49)40-19-13-18-36(30-40)39-26-29-46-44(32-39)51(41-20-7-3-8-21-41,42-22-9-4-10-23-42)45-31-37-16-11-12-17-38(37)33-47(45)56-46/h2-33H. The highest BCUT2D eigenvalue weighted by atomic mass is 16.5. The number of fused-ring (bicyclic) bond motifs is 3. The van der Waals surface area contributed by atoms with Crippen molar-refractivity contribution in [3.05, 3.63) is 228 Å². The lowest BCUT2D eigenvalue weighted by molar-refractivity contribution is 0.435. The third-order valence-electron chi connectivity index (χ3n) is 10.6. The summed E-state index contributed by atoms with van der Waals surface area (Å²) in [7, 11) is 0. The molecule has 5 heteroatoms. The number of hydrogen-bond donors (Lipinski definition) is 0. The van der Waals surface area contributed by atoms with Crippen molar-refractivity contribution < 1.29 is 4.74 Å². The van der Waals surface area contributed by atoms with Crippen LogP contribution in [0.4, 0.5) is 5.69 Å². The van der Waals surface area contributed by atoms with Crippen molar-refractivity contribution in [2.75, 3.05) is 0 Å². The monoisotopic (exact) mass is 716 g/mol. The zero-order valence-corrected chi connectivity index (χ0v) is 30.2. The zero-order valence-electron chi connectivity index (χ0n) is 30.2. The Bertz CT molecular complexity index is 2900. The molecule has 0 amide bonds. The van der Waals surface area contributed by atoms with Gasteiger partial charge < -0.3 is 4.74 Å². The largest absolute Gasteiger partial charge is 0.457 e. The van der Waals surface area contributed by atoms with Gasteiger partial charge in [-0.3, -0.25) is 0 Å². The van der Waals surface area contributed by atoms with Crippen molar-refractivity contribution in [3.8, 4) is 56.8 Å². The highest BCUT2D eigenvalue weighted by Crippen LogP contribution is 2.56. The van der Waals surface area contributed by atoms with Gasteiger partial charge in [-0.2, -0.15) is 0 Å². The smallest absolute Gasteiger partial charge is 0.187 e. The molecule has 0 spiro atoms. The maximum Gasteiger partial charge on any atom is 0.187 e. The second-order valence-corrected chi connectivity index (χ2v) is 13.9. The summed E-state index contributed by atoms with van der Waals surface area (Å²) in [4.78, 5) is 18.4. The van der Waals surface area contributed by atoms with Gasteiger partial charge >= 0.3 is 0 Å². The van der Waals surface area contributed by atoms with Crippen molar-refractivity contribution in [1.82, 2.24) is 15.0 Å². The van der Waals surface area contributed by atoms with E-state index >= 15 is 0 Å². The number of nitrogens with zero attached hydrogens (tertiary/aromatic N) is 4. The summed E-state index contributed by atoms with van der Waals surface area (Å²) in [5, 5.41) is 2.29. The Labute approximate surface area is 325 Å². The fourth-order valence-corrected chi connectivity index (χ4v) is 7.99. The predicted octanol–water partition coefficient (Wildman–Crippen LogP) is 12.7. The summed E-state index contributed by atoms with van der Waals surface area (Å²) in [6, 6.07) is 66.7. The average Bonchev–Trinajstić information content (AvgIpc) is 3.28. The molecule has 0 radical (unpaired) electrons. The van der Waals surface area contributed by atoms with Crippen molar-refractivity contribution in [2.45, 2.75) is 5.41 Å². The molecule has 0 saturated carbocycles. The molecule has 0 unspecified atom stereocenters. The van der Waals surface area contributed by atoms with Crippen molar-refractivity contribution in [2.24, 2.45) is 0 Å². The van der Waals surface area contributed by atoms with E-state index in [1.807, 2.05) is 48.5 Å². The van der Waals surface area contributed by atoms with E-state index in [-0.39, 0.29) is 0 Å². The van der Waals surface area contributed by atoms with Crippen LogP contribution in [0.3, 0.4) is 0 Å². The molecule has 5 nitrogen and oxygen atoms in total. The van der Waals surface area contributed by atoms with Gasteiger partial charge in [-0.05, 0) is 63.4 Å². The van der Waals surface area contributed by atoms with Gasteiger partial charge in [0.2, 0.25) is 0 Å². The molecule has 0 fully saturated rings. The third-order valence-corrected chi connectivity index (χ3v) is 10.6. The van der Waals surface area contributed by atoms with Crippen LogP contribution in [-0.4, -0.2) is 15.0 Å². The van der Waals surface area contributed by atoms with E-state index < -0.39 is 5.41 Å². The lowest BCUT2D eigenvalue weighted by atomic mass is 9.63. The SMILES string of the molecule is [C-]#[N+]c1ccc(-c2nc(-c3ccccc3)nc(-c3cccc(-c4ccc5c(c4)C(c4ccccc4)(c4ccccc4)c4cc6ccccc6cc4O5)c3)n2)cc1. The van der Waals surface area contributed by atoms with Gasteiger partial charge in [0.25, 0.3) is 0 Å². The molecule has 1 aromatic heterocycles. The van der Waals surface area contributed by atoms with Gasteiger partial charge in [-0.1, -0.05) is 164 Å². The van der Waals surface area contributed by atoms with Crippen LogP contribution >= 0.6 is 0 Å². The summed E-state index contributed by atoms with van der Waals surface area (Å²) in [6.45, 7) is 7.40. The summed E-state index contributed by atoms with van der Waals surface area (Å²) in [6.07, 6.45) is 0. The van der Waals surface area contributed by atoms with Gasteiger partial charge in [0.15, 0.2) is 23.2 Å². The highest BCUT2D eigenvalue weighted by molar-refractivity contribution is 5.88. The second-order valence-electron chi connectivity index (χ2n) is 13.9. The van der Waals surface area contributed by atoms with Gasteiger partial charge in [-0.15, -0.1) is 0 Å². The summed E-state index contributed by atoms with van der Waals surface area (Å²) >= 11 is 0. The van der Waals surface area contributed by atoms with E-state index in [9.17, 15) is 0 Å². The quantitative estimate of drug-likeness (QED) is 0.161. The molecule has 8 aromatic carbocycles. The van der Waals surface area contributed by atoms with Gasteiger partial charge in [0, 0.05) is 27.8 Å². The van der Waals surface area contributed by atoms with E-state index in [4.69, 9.17) is 26.3 Å². The molecule has 56 heavy (non-hydrogen) atoms. The van der Waals surface area contributed by atoms with E-state index in [2.05, 4.69) is 138 Å². The predicted molar refractivity (Wildman–Crippen MR) is 224 cm³/mol. The molecular weight excluding hydrogens is 685 g/mol. The second kappa shape index (κ2) is 13.6. The Morgan fingerprint density at radius 1 is 0.393 bits per heavy atom. The maximum absolute atomic E-state index is 7.40. The molecule has 2 heterocycles. The molecule has 0 saturated heterocycles. The first kappa shape index (κ1) is 32.9. The minimum atomic E-state index is -0.667. The van der Waals surface area contributed by atoms with Crippen LogP contribution in [0.1, 0.15) is 22.3 Å². The number of aromatic nitrogens is 3. The van der Waals surface area contributed by atoms with Crippen LogP contribution in [0.5, 0.6) is 11.5 Å². The molecule has 262 valence electrons. The Kier molecular flexibility index (Phi) is 8.01. The molecule has 1 aliphatic heterocycles. The van der Waals surface area contributed by atoms with Crippen LogP contribution in [0, 0.1) is 6.57 Å². The van der Waals surface area contributed by atoms with Crippen LogP contribution in [0.2, 0.25) is 0 Å². The van der Waals surface area contributed by atoms with E-state index in [0.29, 0.717) is 23.2 Å². The first-order valence-electron chi connectivity index (χ1n) is 18.5. The van der Waals surface area contributed by atoms with Crippen LogP contribution in [0.25, 0.3) is 60.9 Å². The summed E-state index contributed by atoms with van der Waals surface area (Å²) in [5.74, 6) is 3.36. The molecule has 0 bridgehead atoms.